The van der Waals surface area contributed by atoms with Gasteiger partial charge in [0.2, 0.25) is 11.1 Å². The minimum absolute atomic E-state index is 0.297. The Morgan fingerprint density at radius 2 is 2.00 bits per heavy atom. The number of thiazole rings is 1. The van der Waals surface area contributed by atoms with Crippen molar-refractivity contribution in [2.24, 2.45) is 0 Å². The number of rotatable bonds is 4. The fourth-order valence-corrected chi connectivity index (χ4v) is 2.67. The molecule has 0 fully saturated rings. The van der Waals surface area contributed by atoms with Crippen LogP contribution in [0.15, 0.2) is 23.8 Å². The highest BCUT2D eigenvalue weighted by atomic mass is 32.1. The molecule has 3 aromatic heterocycles. The molecule has 8 nitrogen and oxygen atoms in total. The third-order valence-electron chi connectivity index (χ3n) is 2.27. The molecule has 0 spiro atoms. The fraction of sp³-hybridized carbons (Fsp3) is 0.0909. The summed E-state index contributed by atoms with van der Waals surface area (Å²) in [6, 6.07) is 1.72. The van der Waals surface area contributed by atoms with Crippen LogP contribution < -0.4 is 10.6 Å². The molecule has 3 heterocycles. The molecule has 0 aliphatic rings. The van der Waals surface area contributed by atoms with Crippen molar-refractivity contribution in [2.75, 3.05) is 10.6 Å². The Morgan fingerprint density at radius 1 is 1.19 bits per heavy atom. The fourth-order valence-electron chi connectivity index (χ4n) is 1.40. The number of carbonyl (C=O) groups excluding carboxylic acids is 1. The summed E-state index contributed by atoms with van der Waals surface area (Å²) in [5.41, 5.74) is 0.297. The molecule has 0 atom stereocenters. The van der Waals surface area contributed by atoms with E-state index < -0.39 is 0 Å². The predicted molar refractivity (Wildman–Crippen MR) is 80.0 cm³/mol. The maximum Gasteiger partial charge on any atom is 0.277 e. The van der Waals surface area contributed by atoms with Gasteiger partial charge in [0.25, 0.3) is 5.91 Å². The predicted octanol–water partition coefficient (Wildman–Crippen LogP) is 2.09. The second-order valence-corrected chi connectivity index (χ2v) is 5.86. The van der Waals surface area contributed by atoms with Crippen LogP contribution in [-0.4, -0.2) is 31.1 Å². The minimum atomic E-state index is -0.329. The van der Waals surface area contributed by atoms with Gasteiger partial charge in [-0.2, -0.15) is 0 Å². The average molecular weight is 319 g/mol. The smallest absolute Gasteiger partial charge is 0.277 e. The molecule has 0 aliphatic heterocycles. The number of hydrogen-bond donors (Lipinski definition) is 2. The Balaban J connectivity index is 1.68. The molecule has 106 valence electrons. The minimum Gasteiger partial charge on any atom is -0.300 e. The van der Waals surface area contributed by atoms with E-state index in [1.807, 2.05) is 6.92 Å². The zero-order valence-electron chi connectivity index (χ0n) is 10.8. The van der Waals surface area contributed by atoms with Crippen molar-refractivity contribution >= 4 is 44.8 Å². The lowest BCUT2D eigenvalue weighted by Crippen LogP contribution is -2.12. The summed E-state index contributed by atoms with van der Waals surface area (Å²) in [7, 11) is 0. The summed E-state index contributed by atoms with van der Waals surface area (Å²) in [5, 5.41) is 16.7. The maximum absolute atomic E-state index is 12.0. The SMILES string of the molecule is Cc1nnc(NC(=O)c2csc(Nc3ncccn3)n2)s1. The van der Waals surface area contributed by atoms with Crippen molar-refractivity contribution in [3.63, 3.8) is 0 Å². The molecule has 0 saturated carbocycles. The first-order valence-electron chi connectivity index (χ1n) is 5.82. The molecular weight excluding hydrogens is 310 g/mol. The van der Waals surface area contributed by atoms with Crippen molar-refractivity contribution in [1.82, 2.24) is 25.1 Å². The van der Waals surface area contributed by atoms with Crippen molar-refractivity contribution < 1.29 is 4.79 Å². The summed E-state index contributed by atoms with van der Waals surface area (Å²) in [4.78, 5) is 24.2. The van der Waals surface area contributed by atoms with E-state index in [1.165, 1.54) is 22.7 Å². The molecule has 1 amide bonds. The molecule has 0 radical (unpaired) electrons. The third-order valence-corrected chi connectivity index (χ3v) is 3.78. The first kappa shape index (κ1) is 13.5. The van der Waals surface area contributed by atoms with Gasteiger partial charge in [-0.05, 0) is 13.0 Å². The molecule has 0 saturated heterocycles. The molecule has 2 N–H and O–H groups in total. The van der Waals surface area contributed by atoms with Gasteiger partial charge < -0.3 is 5.32 Å². The van der Waals surface area contributed by atoms with E-state index in [9.17, 15) is 4.79 Å². The molecule has 0 bridgehead atoms. The summed E-state index contributed by atoms with van der Waals surface area (Å²) in [5.74, 6) is 0.1000. The summed E-state index contributed by atoms with van der Waals surface area (Å²) in [6.07, 6.45) is 3.24. The molecule has 0 unspecified atom stereocenters. The summed E-state index contributed by atoms with van der Waals surface area (Å²) in [6.45, 7) is 1.82. The van der Waals surface area contributed by atoms with Crippen molar-refractivity contribution in [3.8, 4) is 0 Å². The second kappa shape index (κ2) is 5.89. The van der Waals surface area contributed by atoms with Crippen LogP contribution in [0.25, 0.3) is 0 Å². The van der Waals surface area contributed by atoms with E-state index in [4.69, 9.17) is 0 Å². The monoisotopic (exact) mass is 319 g/mol. The number of anilines is 3. The molecule has 3 rings (SSSR count). The Morgan fingerprint density at radius 3 is 2.71 bits per heavy atom. The maximum atomic E-state index is 12.0. The topological polar surface area (TPSA) is 106 Å². The van der Waals surface area contributed by atoms with E-state index in [-0.39, 0.29) is 5.91 Å². The highest BCUT2D eigenvalue weighted by molar-refractivity contribution is 7.15. The first-order valence-corrected chi connectivity index (χ1v) is 7.51. The molecule has 3 aromatic rings. The van der Waals surface area contributed by atoms with Gasteiger partial charge in [0.15, 0.2) is 5.13 Å². The van der Waals surface area contributed by atoms with Crippen molar-refractivity contribution in [1.29, 1.82) is 0 Å². The number of aryl methyl sites for hydroxylation is 1. The molecular formula is C11H9N7OS2. The number of nitrogens with one attached hydrogen (secondary N) is 2. The van der Waals surface area contributed by atoms with Crippen molar-refractivity contribution in [2.45, 2.75) is 6.92 Å². The summed E-state index contributed by atoms with van der Waals surface area (Å²) < 4.78 is 0. The Bertz CT molecular complexity index is 755. The number of nitrogens with zero attached hydrogens (tertiary/aromatic N) is 5. The van der Waals surface area contributed by atoms with E-state index in [1.54, 1.807) is 23.8 Å². The zero-order chi connectivity index (χ0) is 14.7. The van der Waals surface area contributed by atoms with Crippen LogP contribution in [-0.2, 0) is 0 Å². The second-order valence-electron chi connectivity index (χ2n) is 3.82. The molecule has 21 heavy (non-hydrogen) atoms. The van der Waals surface area contributed by atoms with Crippen LogP contribution in [0.1, 0.15) is 15.5 Å². The molecule has 10 heteroatoms. The first-order chi connectivity index (χ1) is 10.2. The van der Waals surface area contributed by atoms with Gasteiger partial charge in [-0.3, -0.25) is 10.1 Å². The lowest BCUT2D eigenvalue weighted by Gasteiger charge is -1.98. The Kier molecular flexibility index (Phi) is 3.79. The van der Waals surface area contributed by atoms with Crippen LogP contribution >= 0.6 is 22.7 Å². The number of amides is 1. The molecule has 0 aromatic carbocycles. The number of aromatic nitrogens is 5. The van der Waals surface area contributed by atoms with E-state index in [2.05, 4.69) is 35.8 Å². The highest BCUT2D eigenvalue weighted by Crippen LogP contribution is 2.20. The zero-order valence-corrected chi connectivity index (χ0v) is 12.4. The summed E-state index contributed by atoms with van der Waals surface area (Å²) >= 11 is 2.60. The van der Waals surface area contributed by atoms with Crippen molar-refractivity contribution in [3.05, 3.63) is 34.5 Å². The van der Waals surface area contributed by atoms with E-state index >= 15 is 0 Å². The van der Waals surface area contributed by atoms with Crippen LogP contribution in [0.5, 0.6) is 0 Å². The number of carbonyl (C=O) groups is 1. The van der Waals surface area contributed by atoms with Gasteiger partial charge in [0.05, 0.1) is 0 Å². The normalized spacial score (nSPS) is 10.3. The van der Waals surface area contributed by atoms with Gasteiger partial charge in [-0.25, -0.2) is 15.0 Å². The highest BCUT2D eigenvalue weighted by Gasteiger charge is 2.13. The third kappa shape index (κ3) is 3.35. The quantitative estimate of drug-likeness (QED) is 0.758. The van der Waals surface area contributed by atoms with Gasteiger partial charge >= 0.3 is 0 Å². The Hall–Kier alpha value is -2.46. The molecule has 0 aliphatic carbocycles. The van der Waals surface area contributed by atoms with Gasteiger partial charge in [0, 0.05) is 17.8 Å². The van der Waals surface area contributed by atoms with E-state index in [0.717, 1.165) is 5.01 Å². The van der Waals surface area contributed by atoms with Gasteiger partial charge in [-0.15, -0.1) is 21.5 Å². The lowest BCUT2D eigenvalue weighted by atomic mass is 10.5. The average Bonchev–Trinajstić information content (AvgIpc) is 3.09. The Labute approximate surface area is 127 Å². The van der Waals surface area contributed by atoms with E-state index in [0.29, 0.717) is 21.9 Å². The van der Waals surface area contributed by atoms with Crippen LogP contribution in [0.4, 0.5) is 16.2 Å². The van der Waals surface area contributed by atoms with Crippen LogP contribution in [0, 0.1) is 6.92 Å². The standard InChI is InChI=1S/C11H9N7OS2/c1-6-17-18-11(21-6)15-8(19)7-5-20-10(14-7)16-9-12-3-2-4-13-9/h2-5H,1H3,(H,15,18,19)(H,12,13,14,16). The number of hydrogen-bond acceptors (Lipinski definition) is 9. The van der Waals surface area contributed by atoms with Gasteiger partial charge in [-0.1, -0.05) is 11.3 Å². The van der Waals surface area contributed by atoms with Gasteiger partial charge in [0.1, 0.15) is 10.7 Å². The largest absolute Gasteiger partial charge is 0.300 e. The van der Waals surface area contributed by atoms with Crippen LogP contribution in [0.2, 0.25) is 0 Å². The lowest BCUT2D eigenvalue weighted by molar-refractivity contribution is 0.102. The van der Waals surface area contributed by atoms with Crippen LogP contribution in [0.3, 0.4) is 0 Å².